The SMILES string of the molecule is CC(C)(C)OC(=O)N(CCCN1C(=O)c2ccccc2C1=O)N(CCCN1C(=O)c2ccccc2C1=O)C(=O)OC(C)(C)C. The zero-order valence-electron chi connectivity index (χ0n) is 25.9. The first kappa shape index (κ1) is 32.2. The lowest BCUT2D eigenvalue weighted by molar-refractivity contribution is -0.0639. The van der Waals surface area contributed by atoms with Gasteiger partial charge >= 0.3 is 12.2 Å². The van der Waals surface area contributed by atoms with Gasteiger partial charge in [0.15, 0.2) is 0 Å². The summed E-state index contributed by atoms with van der Waals surface area (Å²) >= 11 is 0. The molecular weight excluding hydrogens is 568 g/mol. The highest BCUT2D eigenvalue weighted by atomic mass is 16.6. The molecule has 44 heavy (non-hydrogen) atoms. The summed E-state index contributed by atoms with van der Waals surface area (Å²) in [6.45, 7) is 9.87. The van der Waals surface area contributed by atoms with Crippen LogP contribution in [0.5, 0.6) is 0 Å². The van der Waals surface area contributed by atoms with Crippen molar-refractivity contribution >= 4 is 35.8 Å². The maximum Gasteiger partial charge on any atom is 0.429 e. The van der Waals surface area contributed by atoms with E-state index in [1.54, 1.807) is 90.1 Å². The third kappa shape index (κ3) is 7.07. The van der Waals surface area contributed by atoms with E-state index in [9.17, 15) is 28.8 Å². The Kier molecular flexibility index (Phi) is 9.12. The van der Waals surface area contributed by atoms with Gasteiger partial charge in [-0.25, -0.2) is 19.6 Å². The molecule has 0 saturated heterocycles. The molecule has 0 spiro atoms. The fourth-order valence-corrected chi connectivity index (χ4v) is 4.89. The molecule has 0 bridgehead atoms. The van der Waals surface area contributed by atoms with Gasteiger partial charge in [0.1, 0.15) is 11.2 Å². The van der Waals surface area contributed by atoms with Crippen LogP contribution >= 0.6 is 0 Å². The molecule has 0 unspecified atom stereocenters. The minimum absolute atomic E-state index is 0.0111. The number of fused-ring (bicyclic) bond motifs is 2. The van der Waals surface area contributed by atoms with Crippen molar-refractivity contribution < 1.29 is 38.2 Å². The summed E-state index contributed by atoms with van der Waals surface area (Å²) in [6.07, 6.45) is -1.43. The van der Waals surface area contributed by atoms with Gasteiger partial charge in [0.25, 0.3) is 23.6 Å². The van der Waals surface area contributed by atoms with Crippen molar-refractivity contribution in [3.63, 3.8) is 0 Å². The Morgan fingerprint density at radius 3 is 1.09 bits per heavy atom. The number of nitrogens with zero attached hydrogens (tertiary/aromatic N) is 4. The Balaban J connectivity index is 1.52. The second kappa shape index (κ2) is 12.5. The Hall–Kier alpha value is -4.74. The second-order valence-electron chi connectivity index (χ2n) is 12.5. The summed E-state index contributed by atoms with van der Waals surface area (Å²) in [5.41, 5.74) is -0.569. The highest BCUT2D eigenvalue weighted by molar-refractivity contribution is 6.22. The number of imide groups is 2. The van der Waals surface area contributed by atoms with Crippen LogP contribution < -0.4 is 0 Å². The topological polar surface area (TPSA) is 134 Å². The quantitative estimate of drug-likeness (QED) is 0.311. The number of benzene rings is 2. The molecule has 2 aliphatic rings. The third-order valence-corrected chi connectivity index (χ3v) is 6.76. The van der Waals surface area contributed by atoms with E-state index in [2.05, 4.69) is 0 Å². The van der Waals surface area contributed by atoms with Crippen LogP contribution in [-0.4, -0.2) is 93.0 Å². The summed E-state index contributed by atoms with van der Waals surface area (Å²) in [4.78, 5) is 80.6. The Bertz CT molecular complexity index is 1310. The lowest BCUT2D eigenvalue weighted by Crippen LogP contribution is -2.54. The van der Waals surface area contributed by atoms with Crippen molar-refractivity contribution in [2.45, 2.75) is 65.6 Å². The fourth-order valence-electron chi connectivity index (χ4n) is 4.89. The molecule has 12 heteroatoms. The van der Waals surface area contributed by atoms with E-state index in [4.69, 9.17) is 9.47 Å². The number of ether oxygens (including phenoxy) is 2. The number of carbonyl (C=O) groups excluding carboxylic acids is 6. The molecule has 0 atom stereocenters. The molecule has 2 aliphatic heterocycles. The molecule has 2 aromatic rings. The number of hydrogen-bond donors (Lipinski definition) is 0. The molecule has 6 amide bonds. The van der Waals surface area contributed by atoms with E-state index in [1.807, 2.05) is 0 Å². The standard InChI is InChI=1S/C32H38N4O8/c1-31(2,3)43-29(41)35(19-11-17-33-25(37)21-13-7-8-14-22(21)26(33)38)36(30(42)44-32(4,5)6)20-12-18-34-27(39)23-15-9-10-16-24(23)28(34)40/h7-10,13-16H,11-12,17-20H2,1-6H3. The van der Waals surface area contributed by atoms with E-state index < -0.39 is 47.0 Å². The minimum Gasteiger partial charge on any atom is -0.442 e. The Morgan fingerprint density at radius 1 is 0.568 bits per heavy atom. The molecule has 0 N–H and O–H groups in total. The van der Waals surface area contributed by atoms with E-state index in [0.717, 1.165) is 19.8 Å². The van der Waals surface area contributed by atoms with Crippen molar-refractivity contribution in [1.82, 2.24) is 19.8 Å². The molecule has 0 radical (unpaired) electrons. The monoisotopic (exact) mass is 606 g/mol. The summed E-state index contributed by atoms with van der Waals surface area (Å²) in [6, 6.07) is 13.1. The molecular formula is C32H38N4O8. The van der Waals surface area contributed by atoms with Gasteiger partial charge in [0.2, 0.25) is 0 Å². The van der Waals surface area contributed by atoms with Crippen LogP contribution in [0, 0.1) is 0 Å². The summed E-state index contributed by atoms with van der Waals surface area (Å²) in [7, 11) is 0. The van der Waals surface area contributed by atoms with Gasteiger partial charge in [0, 0.05) is 26.2 Å². The van der Waals surface area contributed by atoms with Crippen LogP contribution in [0.2, 0.25) is 0 Å². The Morgan fingerprint density at radius 2 is 0.841 bits per heavy atom. The lowest BCUT2D eigenvalue weighted by atomic mass is 10.1. The normalized spacial score (nSPS) is 14.5. The van der Waals surface area contributed by atoms with Gasteiger partial charge in [0.05, 0.1) is 22.3 Å². The van der Waals surface area contributed by atoms with Gasteiger partial charge in [-0.1, -0.05) is 24.3 Å². The molecule has 0 aliphatic carbocycles. The van der Waals surface area contributed by atoms with E-state index in [-0.39, 0.29) is 39.0 Å². The van der Waals surface area contributed by atoms with Gasteiger partial charge < -0.3 is 9.47 Å². The largest absolute Gasteiger partial charge is 0.442 e. The van der Waals surface area contributed by atoms with Crippen molar-refractivity contribution in [3.8, 4) is 0 Å². The highest BCUT2D eigenvalue weighted by Crippen LogP contribution is 2.25. The van der Waals surface area contributed by atoms with Crippen molar-refractivity contribution in [1.29, 1.82) is 0 Å². The van der Waals surface area contributed by atoms with Crippen LogP contribution in [0.3, 0.4) is 0 Å². The number of rotatable bonds is 8. The Labute approximate surface area is 256 Å². The number of carbonyl (C=O) groups is 6. The molecule has 0 fully saturated rings. The molecule has 12 nitrogen and oxygen atoms in total. The molecule has 0 saturated carbocycles. The van der Waals surface area contributed by atoms with Gasteiger partial charge in [-0.2, -0.15) is 0 Å². The molecule has 0 aromatic heterocycles. The summed E-state index contributed by atoms with van der Waals surface area (Å²) < 4.78 is 11.2. The zero-order valence-corrected chi connectivity index (χ0v) is 25.9. The van der Waals surface area contributed by atoms with Gasteiger partial charge in [-0.05, 0) is 78.6 Å². The van der Waals surface area contributed by atoms with Crippen LogP contribution in [0.15, 0.2) is 48.5 Å². The first-order chi connectivity index (χ1) is 20.6. The first-order valence-electron chi connectivity index (χ1n) is 14.5. The maximum absolute atomic E-state index is 13.5. The predicted octanol–water partition coefficient (Wildman–Crippen LogP) is 4.75. The highest BCUT2D eigenvalue weighted by Gasteiger charge is 2.38. The van der Waals surface area contributed by atoms with E-state index in [0.29, 0.717) is 22.3 Å². The maximum atomic E-state index is 13.5. The van der Waals surface area contributed by atoms with E-state index in [1.165, 1.54) is 0 Å². The molecule has 234 valence electrons. The molecule has 2 heterocycles. The van der Waals surface area contributed by atoms with Crippen molar-refractivity contribution in [3.05, 3.63) is 70.8 Å². The van der Waals surface area contributed by atoms with Crippen molar-refractivity contribution in [2.24, 2.45) is 0 Å². The zero-order chi connectivity index (χ0) is 32.4. The average molecular weight is 607 g/mol. The number of amides is 6. The van der Waals surface area contributed by atoms with Crippen LogP contribution in [0.4, 0.5) is 9.59 Å². The predicted molar refractivity (Wildman–Crippen MR) is 159 cm³/mol. The number of hydrogen-bond acceptors (Lipinski definition) is 8. The first-order valence-corrected chi connectivity index (χ1v) is 14.5. The summed E-state index contributed by atoms with van der Waals surface area (Å²) in [5.74, 6) is -1.72. The van der Waals surface area contributed by atoms with Crippen LogP contribution in [-0.2, 0) is 9.47 Å². The fraction of sp³-hybridized carbons (Fsp3) is 0.438. The third-order valence-electron chi connectivity index (χ3n) is 6.76. The lowest BCUT2D eigenvalue weighted by Gasteiger charge is -2.37. The minimum atomic E-state index is -0.905. The smallest absolute Gasteiger partial charge is 0.429 e. The van der Waals surface area contributed by atoms with E-state index >= 15 is 0 Å². The van der Waals surface area contributed by atoms with Crippen LogP contribution in [0.25, 0.3) is 0 Å². The summed E-state index contributed by atoms with van der Waals surface area (Å²) in [5, 5.41) is 2.17. The van der Waals surface area contributed by atoms with Gasteiger partial charge in [-0.15, -0.1) is 0 Å². The average Bonchev–Trinajstić information content (AvgIpc) is 3.32. The van der Waals surface area contributed by atoms with Crippen molar-refractivity contribution in [2.75, 3.05) is 26.2 Å². The molecule has 2 aromatic carbocycles. The molecule has 4 rings (SSSR count). The second-order valence-corrected chi connectivity index (χ2v) is 12.5. The van der Waals surface area contributed by atoms with Gasteiger partial charge in [-0.3, -0.25) is 29.0 Å². The van der Waals surface area contributed by atoms with Crippen LogP contribution in [0.1, 0.15) is 95.8 Å². The number of hydrazine groups is 1.